The van der Waals surface area contributed by atoms with Gasteiger partial charge in [0.25, 0.3) is 0 Å². The molecule has 2 N–H and O–H groups in total. The predicted molar refractivity (Wildman–Crippen MR) is 157 cm³/mol. The molecule has 2 saturated heterocycles. The monoisotopic (exact) mass is 603 g/mol. The van der Waals surface area contributed by atoms with E-state index in [1.165, 1.54) is 32.4 Å². The molecule has 11 nitrogen and oxygen atoms in total. The van der Waals surface area contributed by atoms with Crippen molar-refractivity contribution in [2.75, 3.05) is 39.2 Å². The number of aliphatic imine (C=N–C) groups is 1. The number of benzene rings is 2. The van der Waals surface area contributed by atoms with Gasteiger partial charge in [-0.3, -0.25) is 9.69 Å². The number of hydrogen-bond donors (Lipinski definition) is 2. The number of halogens is 1. The maximum Gasteiger partial charge on any atom is 0.437 e. The van der Waals surface area contributed by atoms with Crippen LogP contribution in [-0.2, 0) is 36.4 Å². The van der Waals surface area contributed by atoms with E-state index in [9.17, 15) is 18.0 Å². The number of rotatable bonds is 6. The Labute approximate surface area is 246 Å². The summed E-state index contributed by atoms with van der Waals surface area (Å²) in [7, 11) is -1.58. The van der Waals surface area contributed by atoms with Gasteiger partial charge in [0.05, 0.1) is 5.54 Å². The number of nitrogens with one attached hydrogen (secondary N) is 2. The number of anilines is 1. The first kappa shape index (κ1) is 31.4. The fraction of sp³-hybridized carbons (Fsp3) is 0.483. The van der Waals surface area contributed by atoms with Crippen LogP contribution in [0.25, 0.3) is 0 Å². The first-order valence-corrected chi connectivity index (χ1v) is 15.0. The van der Waals surface area contributed by atoms with Crippen LogP contribution in [0.4, 0.5) is 14.9 Å². The summed E-state index contributed by atoms with van der Waals surface area (Å²) in [5, 5.41) is 5.78. The van der Waals surface area contributed by atoms with Gasteiger partial charge in [0.2, 0.25) is 21.9 Å². The predicted octanol–water partition coefficient (Wildman–Crippen LogP) is 3.43. The van der Waals surface area contributed by atoms with Gasteiger partial charge in [-0.25, -0.2) is 21.9 Å². The van der Waals surface area contributed by atoms with E-state index < -0.39 is 43.7 Å². The van der Waals surface area contributed by atoms with Crippen molar-refractivity contribution in [3.63, 3.8) is 0 Å². The fourth-order valence-corrected chi connectivity index (χ4v) is 7.81. The molecule has 0 aromatic heterocycles. The molecule has 0 unspecified atom stereocenters. The number of amides is 2. The lowest BCUT2D eigenvalue weighted by molar-refractivity contribution is -0.119. The summed E-state index contributed by atoms with van der Waals surface area (Å²) in [6, 6.07) is 13.6. The van der Waals surface area contributed by atoms with E-state index in [-0.39, 0.29) is 36.8 Å². The van der Waals surface area contributed by atoms with Crippen molar-refractivity contribution >= 4 is 33.7 Å². The van der Waals surface area contributed by atoms with Gasteiger partial charge in [-0.15, -0.1) is 4.99 Å². The maximum absolute atomic E-state index is 15.8. The van der Waals surface area contributed by atoms with Gasteiger partial charge in [0.1, 0.15) is 22.8 Å². The molecular weight excluding hydrogens is 565 g/mol. The summed E-state index contributed by atoms with van der Waals surface area (Å²) >= 11 is 0. The van der Waals surface area contributed by atoms with Crippen LogP contribution in [0.5, 0.6) is 0 Å². The first-order chi connectivity index (χ1) is 19.6. The highest BCUT2D eigenvalue weighted by atomic mass is 32.2. The van der Waals surface area contributed by atoms with Crippen LogP contribution in [0.15, 0.2) is 53.5 Å². The van der Waals surface area contributed by atoms with Crippen LogP contribution >= 0.6 is 0 Å². The number of likely N-dealkylation sites (tertiary alicyclic amines) is 1. The van der Waals surface area contributed by atoms with Gasteiger partial charge < -0.3 is 20.1 Å². The van der Waals surface area contributed by atoms with E-state index in [2.05, 4.69) is 15.6 Å². The number of carbonyl (C=O) groups excluding carboxylic acids is 2. The first-order valence-electron chi connectivity index (χ1n) is 13.6. The fourth-order valence-electron chi connectivity index (χ4n) is 5.60. The Morgan fingerprint density at radius 1 is 1.17 bits per heavy atom. The lowest BCUT2D eigenvalue weighted by atomic mass is 9.77. The maximum atomic E-state index is 15.8. The second kappa shape index (κ2) is 11.6. The zero-order valence-corrected chi connectivity index (χ0v) is 25.5. The number of hydrogen-bond acceptors (Lipinski definition) is 7. The summed E-state index contributed by atoms with van der Waals surface area (Å²) in [6.07, 6.45) is -0.835. The number of nitrogens with zero attached hydrogens (tertiary/aromatic N) is 3. The molecule has 2 aromatic carbocycles. The Kier molecular flexibility index (Phi) is 8.68. The molecule has 2 fully saturated rings. The molecule has 0 radical (unpaired) electrons. The van der Waals surface area contributed by atoms with E-state index in [4.69, 9.17) is 9.47 Å². The van der Waals surface area contributed by atoms with Crippen molar-refractivity contribution in [1.29, 1.82) is 0 Å². The van der Waals surface area contributed by atoms with Crippen molar-refractivity contribution in [2.45, 2.75) is 56.5 Å². The number of methoxy groups -OCH3 is 1. The number of ether oxygens (including phenoxy) is 2. The highest BCUT2D eigenvalue weighted by molar-refractivity contribution is 7.91. The van der Waals surface area contributed by atoms with Gasteiger partial charge in [-0.05, 0) is 57.9 Å². The molecule has 2 aliphatic rings. The van der Waals surface area contributed by atoms with Gasteiger partial charge in [-0.1, -0.05) is 30.3 Å². The van der Waals surface area contributed by atoms with Gasteiger partial charge in [-0.2, -0.15) is 0 Å². The van der Waals surface area contributed by atoms with E-state index in [1.54, 1.807) is 27.7 Å². The van der Waals surface area contributed by atoms with Crippen molar-refractivity contribution in [3.05, 3.63) is 65.5 Å². The quantitative estimate of drug-likeness (QED) is 0.514. The Hall–Kier alpha value is -3.55. The van der Waals surface area contributed by atoms with Crippen LogP contribution in [0.2, 0.25) is 0 Å². The summed E-state index contributed by atoms with van der Waals surface area (Å²) in [4.78, 5) is 30.9. The Morgan fingerprint density at radius 2 is 1.86 bits per heavy atom. The summed E-state index contributed by atoms with van der Waals surface area (Å²) in [6.45, 7) is 7.35. The molecule has 0 aliphatic carbocycles. The Morgan fingerprint density at radius 3 is 2.50 bits per heavy atom. The Balaban J connectivity index is 1.84. The zero-order valence-electron chi connectivity index (χ0n) is 24.7. The van der Waals surface area contributed by atoms with Crippen LogP contribution < -0.4 is 10.6 Å². The van der Waals surface area contributed by atoms with E-state index >= 15 is 4.39 Å². The molecule has 13 heteroatoms. The van der Waals surface area contributed by atoms with Crippen molar-refractivity contribution in [2.24, 2.45) is 4.99 Å². The van der Waals surface area contributed by atoms with E-state index in [0.717, 1.165) is 9.87 Å². The van der Waals surface area contributed by atoms with Gasteiger partial charge >= 0.3 is 6.09 Å². The normalized spacial score (nSPS) is 24.9. The third kappa shape index (κ3) is 5.99. The second-order valence-electron chi connectivity index (χ2n) is 11.8. The lowest BCUT2D eigenvalue weighted by Gasteiger charge is -2.53. The lowest BCUT2D eigenvalue weighted by Crippen LogP contribution is -2.74. The third-order valence-electron chi connectivity index (χ3n) is 7.64. The average Bonchev–Trinajstić information content (AvgIpc) is 3.34. The van der Waals surface area contributed by atoms with Crippen LogP contribution in [0.1, 0.15) is 45.2 Å². The summed E-state index contributed by atoms with van der Waals surface area (Å²) in [5.74, 6) is -1.44. The second-order valence-corrected chi connectivity index (χ2v) is 14.0. The van der Waals surface area contributed by atoms with Crippen molar-refractivity contribution in [1.82, 2.24) is 14.5 Å². The van der Waals surface area contributed by atoms with Crippen LogP contribution in [0.3, 0.4) is 0 Å². The molecule has 2 heterocycles. The zero-order chi connectivity index (χ0) is 30.9. The summed E-state index contributed by atoms with van der Waals surface area (Å²) < 4.78 is 54.3. The molecule has 42 heavy (non-hydrogen) atoms. The van der Waals surface area contributed by atoms with Crippen molar-refractivity contribution in [3.8, 4) is 0 Å². The molecule has 1 spiro atoms. The minimum Gasteiger partial charge on any atom is -0.442 e. The van der Waals surface area contributed by atoms with Gasteiger partial charge in [0, 0.05) is 45.0 Å². The molecule has 2 aliphatic heterocycles. The minimum atomic E-state index is -4.27. The molecule has 2 aromatic rings. The Bertz CT molecular complexity index is 1480. The van der Waals surface area contributed by atoms with E-state index in [0.29, 0.717) is 13.1 Å². The topological polar surface area (TPSA) is 130 Å². The molecule has 0 bridgehead atoms. The SMILES string of the molecule is COCC(=O)Nc1ccc(F)c([C@@]2(C)N/C(=N\C(=O)OC(C)(C)C)N(C)S(=O)(=O)[C@@]23CCN(Cc2ccccc2)C3)c1. The molecule has 2 atom stereocenters. The van der Waals surface area contributed by atoms with Gasteiger partial charge in [0.15, 0.2) is 0 Å². The highest BCUT2D eigenvalue weighted by Gasteiger charge is 2.66. The van der Waals surface area contributed by atoms with Crippen LogP contribution in [-0.4, -0.2) is 79.8 Å². The molecular formula is C29H38FN5O6S. The highest BCUT2D eigenvalue weighted by Crippen LogP contribution is 2.50. The number of guanidine groups is 1. The molecule has 4 rings (SSSR count). The third-order valence-corrected chi connectivity index (χ3v) is 10.3. The molecule has 228 valence electrons. The van der Waals surface area contributed by atoms with Crippen LogP contribution in [0, 0.1) is 5.82 Å². The van der Waals surface area contributed by atoms with Crippen molar-refractivity contribution < 1.29 is 31.9 Å². The van der Waals surface area contributed by atoms with E-state index in [1.807, 2.05) is 35.2 Å². The average molecular weight is 604 g/mol. The standard InChI is InChI=1S/C29H38FN5O6S/c1-27(2,3)41-26(37)32-25-33-28(4,22-16-21(12-13-23(22)30)31-24(36)18-40-6)29(42(38,39)34(25)5)14-15-35(19-29)17-20-10-8-7-9-11-20/h7-13,16H,14-15,17-19H2,1-6H3,(H,31,36)(H,32,33,37)/t28-,29-/m1/s1. The minimum absolute atomic E-state index is 0.00663. The smallest absolute Gasteiger partial charge is 0.437 e. The number of carbonyl (C=O) groups is 2. The largest absolute Gasteiger partial charge is 0.442 e. The summed E-state index contributed by atoms with van der Waals surface area (Å²) in [5.41, 5.74) is -1.24. The number of sulfonamides is 1. The molecule has 2 amide bonds. The molecule has 0 saturated carbocycles.